The second-order valence-corrected chi connectivity index (χ2v) is 4.87. The standard InChI is InChI=1S/C18H10.C2H6O.C2H6.Y/c1-2-8-14-13(7-1)15-9-3-4-11-17(15)18-12-6-5-10-16(14)18;1-3-2;1-2;/h1-10H;1-2H3;1-2H3;/q-2;;;. The third-order valence-corrected chi connectivity index (χ3v) is 3.47. The van der Waals surface area contributed by atoms with Gasteiger partial charge in [-0.3, -0.25) is 0 Å². The molecule has 2 heteroatoms. The van der Waals surface area contributed by atoms with E-state index < -0.39 is 0 Å². The molecule has 0 N–H and O–H groups in total. The molecule has 0 saturated carbocycles. The molecule has 0 spiro atoms. The van der Waals surface area contributed by atoms with Crippen LogP contribution >= 0.6 is 0 Å². The van der Waals surface area contributed by atoms with Gasteiger partial charge in [0, 0.05) is 46.9 Å². The SMILES string of the molecule is CC.COC.[Y].[c-]1cccc2c1c1[c-]cccc1c1ccccc21. The smallest absolute Gasteiger partial charge is 0.0351 e. The second-order valence-electron chi connectivity index (χ2n) is 4.87. The number of benzene rings is 4. The maximum absolute atomic E-state index is 4.25. The van der Waals surface area contributed by atoms with Gasteiger partial charge >= 0.3 is 0 Å². The Kier molecular flexibility index (Phi) is 9.14. The molecule has 0 saturated heterocycles. The molecule has 0 aliphatic carbocycles. The van der Waals surface area contributed by atoms with E-state index in [1.807, 2.05) is 38.1 Å². The molecule has 0 aliphatic heterocycles. The fourth-order valence-corrected chi connectivity index (χ4v) is 2.69. The van der Waals surface area contributed by atoms with Crippen molar-refractivity contribution in [1.29, 1.82) is 0 Å². The summed E-state index contributed by atoms with van der Waals surface area (Å²) in [5.74, 6) is 0. The number of hydrogen-bond acceptors (Lipinski definition) is 1. The molecule has 0 fully saturated rings. The van der Waals surface area contributed by atoms with E-state index in [9.17, 15) is 0 Å². The topological polar surface area (TPSA) is 9.23 Å². The third kappa shape index (κ3) is 4.22. The Hall–Kier alpha value is -1.28. The first kappa shape index (κ1) is 20.8. The summed E-state index contributed by atoms with van der Waals surface area (Å²) in [6, 6.07) is 27.6. The van der Waals surface area contributed by atoms with E-state index in [-0.39, 0.29) is 32.7 Å². The average Bonchev–Trinajstić information content (AvgIpc) is 2.64. The Labute approximate surface area is 169 Å². The summed E-state index contributed by atoms with van der Waals surface area (Å²) in [5.41, 5.74) is 0. The van der Waals surface area contributed by atoms with Gasteiger partial charge in [-0.05, 0) is 0 Å². The summed E-state index contributed by atoms with van der Waals surface area (Å²) in [5, 5.41) is 7.40. The van der Waals surface area contributed by atoms with E-state index in [0.29, 0.717) is 0 Å². The van der Waals surface area contributed by atoms with E-state index in [0.717, 1.165) is 10.8 Å². The predicted molar refractivity (Wildman–Crippen MR) is 101 cm³/mol. The summed E-state index contributed by atoms with van der Waals surface area (Å²) in [6.45, 7) is 4.00. The van der Waals surface area contributed by atoms with Crippen molar-refractivity contribution in [3.05, 3.63) is 72.8 Å². The van der Waals surface area contributed by atoms with Gasteiger partial charge in [-0.25, -0.2) is 10.8 Å². The van der Waals surface area contributed by atoms with Crippen molar-refractivity contribution < 1.29 is 37.4 Å². The summed E-state index contributed by atoms with van der Waals surface area (Å²) in [6.07, 6.45) is 0. The zero-order valence-electron chi connectivity index (χ0n) is 14.8. The van der Waals surface area contributed by atoms with Crippen molar-refractivity contribution in [2.24, 2.45) is 0 Å². The van der Waals surface area contributed by atoms with E-state index >= 15 is 0 Å². The van der Waals surface area contributed by atoms with Crippen LogP contribution in [0.3, 0.4) is 0 Å². The van der Waals surface area contributed by atoms with Crippen LogP contribution in [0.1, 0.15) is 13.8 Å². The molecule has 4 rings (SSSR count). The first-order chi connectivity index (χ1) is 11.4. The number of rotatable bonds is 0. The Morgan fingerprint density at radius 2 is 0.958 bits per heavy atom. The summed E-state index contributed by atoms with van der Waals surface area (Å²) in [7, 11) is 3.25. The molecule has 0 unspecified atom stereocenters. The van der Waals surface area contributed by atoms with Gasteiger partial charge in [0.05, 0.1) is 0 Å². The largest absolute Gasteiger partial charge is 0.388 e. The van der Waals surface area contributed by atoms with Crippen LogP contribution in [-0.2, 0) is 37.4 Å². The van der Waals surface area contributed by atoms with E-state index in [2.05, 4.69) is 53.3 Å². The molecule has 1 nitrogen and oxygen atoms in total. The first-order valence-corrected chi connectivity index (χ1v) is 7.88. The molecule has 0 aliphatic rings. The van der Waals surface area contributed by atoms with Crippen LogP contribution in [0.5, 0.6) is 0 Å². The maximum Gasteiger partial charge on any atom is 0.0351 e. The Balaban J connectivity index is 0.000000437. The van der Waals surface area contributed by atoms with Gasteiger partial charge in [0.2, 0.25) is 0 Å². The molecule has 0 aromatic heterocycles. The molecule has 0 atom stereocenters. The zero-order chi connectivity index (χ0) is 16.7. The van der Waals surface area contributed by atoms with E-state index in [4.69, 9.17) is 0 Å². The van der Waals surface area contributed by atoms with E-state index in [1.165, 1.54) is 21.5 Å². The van der Waals surface area contributed by atoms with Crippen molar-refractivity contribution >= 4 is 32.3 Å². The van der Waals surface area contributed by atoms with Crippen LogP contribution in [0, 0.1) is 12.1 Å². The van der Waals surface area contributed by atoms with Gasteiger partial charge in [0.25, 0.3) is 0 Å². The predicted octanol–water partition coefficient (Wildman–Crippen LogP) is 6.03. The fourth-order valence-electron chi connectivity index (χ4n) is 2.69. The van der Waals surface area contributed by atoms with Crippen LogP contribution in [0.15, 0.2) is 60.7 Å². The summed E-state index contributed by atoms with van der Waals surface area (Å²) >= 11 is 0. The molecule has 0 amide bonds. The van der Waals surface area contributed by atoms with Gasteiger partial charge in [0.15, 0.2) is 0 Å². The Bertz CT molecular complexity index is 679. The number of hydrogen-bond donors (Lipinski definition) is 0. The fraction of sp³-hybridized carbons (Fsp3) is 0.182. The van der Waals surface area contributed by atoms with Crippen molar-refractivity contribution in [2.75, 3.05) is 14.2 Å². The normalized spacial score (nSPS) is 9.50. The van der Waals surface area contributed by atoms with Crippen molar-refractivity contribution in [1.82, 2.24) is 0 Å². The van der Waals surface area contributed by atoms with Crippen molar-refractivity contribution in [3.8, 4) is 0 Å². The van der Waals surface area contributed by atoms with Gasteiger partial charge in [-0.15, -0.1) is 35.0 Å². The number of methoxy groups -OCH3 is 1. The zero-order valence-corrected chi connectivity index (χ0v) is 17.6. The van der Waals surface area contributed by atoms with Gasteiger partial charge in [-0.2, -0.15) is 24.3 Å². The van der Waals surface area contributed by atoms with Gasteiger partial charge in [0.1, 0.15) is 0 Å². The summed E-state index contributed by atoms with van der Waals surface area (Å²) < 4.78 is 4.25. The molecule has 121 valence electrons. The minimum Gasteiger partial charge on any atom is -0.388 e. The molecule has 24 heavy (non-hydrogen) atoms. The van der Waals surface area contributed by atoms with Crippen LogP contribution < -0.4 is 0 Å². The van der Waals surface area contributed by atoms with E-state index in [1.54, 1.807) is 14.2 Å². The van der Waals surface area contributed by atoms with Gasteiger partial charge < -0.3 is 4.74 Å². The van der Waals surface area contributed by atoms with Gasteiger partial charge in [-0.1, -0.05) is 48.9 Å². The Morgan fingerprint density at radius 3 is 1.33 bits per heavy atom. The van der Waals surface area contributed by atoms with Crippen molar-refractivity contribution in [2.45, 2.75) is 13.8 Å². The minimum atomic E-state index is 0. The average molecular weight is 391 g/mol. The third-order valence-electron chi connectivity index (χ3n) is 3.47. The molecule has 4 aromatic carbocycles. The second kappa shape index (κ2) is 10.6. The Morgan fingerprint density at radius 1 is 0.625 bits per heavy atom. The van der Waals surface area contributed by atoms with Crippen LogP contribution in [-0.4, -0.2) is 14.2 Å². The molecule has 4 aromatic rings. The van der Waals surface area contributed by atoms with Crippen LogP contribution in [0.25, 0.3) is 32.3 Å². The monoisotopic (exact) mass is 391 g/mol. The first-order valence-electron chi connectivity index (χ1n) is 7.88. The van der Waals surface area contributed by atoms with Crippen LogP contribution in [0.4, 0.5) is 0 Å². The van der Waals surface area contributed by atoms with Crippen LogP contribution in [0.2, 0.25) is 0 Å². The number of ether oxygens (including phenoxy) is 1. The summed E-state index contributed by atoms with van der Waals surface area (Å²) in [4.78, 5) is 0. The molecular formula is C22H22OY-2. The quantitative estimate of drug-likeness (QED) is 0.263. The molecular weight excluding hydrogens is 369 g/mol. The maximum atomic E-state index is 4.25. The molecule has 0 bridgehead atoms. The molecule has 1 radical (unpaired) electrons. The minimum absolute atomic E-state index is 0. The van der Waals surface area contributed by atoms with Crippen molar-refractivity contribution in [3.63, 3.8) is 0 Å². The molecule has 0 heterocycles. The number of fused-ring (bicyclic) bond motifs is 6.